The molecule has 21 heavy (non-hydrogen) atoms. The number of nitrogens with two attached hydrogens (primary N) is 1. The van der Waals surface area contributed by atoms with E-state index in [1.807, 2.05) is 12.1 Å². The maximum Gasteiger partial charge on any atom is 0.0644 e. The number of likely N-dealkylation sites (N-methyl/N-ethyl adjacent to an activating group) is 1. The maximum absolute atomic E-state index is 6.18. The lowest BCUT2D eigenvalue weighted by molar-refractivity contribution is -0.120. The van der Waals surface area contributed by atoms with Crippen LogP contribution in [0.4, 0.5) is 0 Å². The third-order valence-corrected chi connectivity index (χ3v) is 5.13. The topological polar surface area (TPSA) is 38.5 Å². The largest absolute Gasteiger partial charge is 0.375 e. The molecule has 4 heteroatoms. The van der Waals surface area contributed by atoms with Gasteiger partial charge in [0.25, 0.3) is 0 Å². The van der Waals surface area contributed by atoms with Gasteiger partial charge in [0.15, 0.2) is 0 Å². The molecular formula is C17H27ClN2O. The highest BCUT2D eigenvalue weighted by atomic mass is 35.5. The molecule has 2 rings (SSSR count). The van der Waals surface area contributed by atoms with Gasteiger partial charge in [-0.25, -0.2) is 0 Å². The van der Waals surface area contributed by atoms with E-state index in [-0.39, 0.29) is 11.1 Å². The van der Waals surface area contributed by atoms with E-state index in [0.717, 1.165) is 24.5 Å². The SMILES string of the molecule is CC(c1ccc(Cl)cc1)N(C)C1(CN)CCOC(C)(C)C1. The molecule has 2 unspecified atom stereocenters. The predicted molar refractivity (Wildman–Crippen MR) is 88.7 cm³/mol. The first-order valence-corrected chi connectivity index (χ1v) is 8.00. The molecule has 0 aromatic heterocycles. The average molecular weight is 311 g/mol. The summed E-state index contributed by atoms with van der Waals surface area (Å²) in [5, 5.41) is 0.773. The normalized spacial score (nSPS) is 26.8. The van der Waals surface area contributed by atoms with Crippen LogP contribution in [0.2, 0.25) is 5.02 Å². The molecule has 0 aliphatic carbocycles. The van der Waals surface area contributed by atoms with Crippen LogP contribution in [0, 0.1) is 0 Å². The van der Waals surface area contributed by atoms with Gasteiger partial charge < -0.3 is 10.5 Å². The number of nitrogens with zero attached hydrogens (tertiary/aromatic N) is 1. The van der Waals surface area contributed by atoms with Gasteiger partial charge in [0.2, 0.25) is 0 Å². The number of ether oxygens (including phenoxy) is 1. The lowest BCUT2D eigenvalue weighted by Crippen LogP contribution is -2.59. The second-order valence-electron chi connectivity index (χ2n) is 6.80. The Morgan fingerprint density at radius 2 is 1.95 bits per heavy atom. The van der Waals surface area contributed by atoms with Crippen LogP contribution in [0.25, 0.3) is 0 Å². The van der Waals surface area contributed by atoms with Crippen molar-refractivity contribution in [3.05, 3.63) is 34.9 Å². The summed E-state index contributed by atoms with van der Waals surface area (Å²) >= 11 is 5.99. The van der Waals surface area contributed by atoms with Crippen LogP contribution in [0.5, 0.6) is 0 Å². The van der Waals surface area contributed by atoms with Crippen molar-refractivity contribution in [2.75, 3.05) is 20.2 Å². The van der Waals surface area contributed by atoms with E-state index in [9.17, 15) is 0 Å². The van der Waals surface area contributed by atoms with E-state index in [0.29, 0.717) is 12.6 Å². The minimum Gasteiger partial charge on any atom is -0.375 e. The van der Waals surface area contributed by atoms with Crippen molar-refractivity contribution in [1.82, 2.24) is 4.90 Å². The smallest absolute Gasteiger partial charge is 0.0644 e. The van der Waals surface area contributed by atoms with Crippen molar-refractivity contribution in [3.8, 4) is 0 Å². The molecule has 118 valence electrons. The summed E-state index contributed by atoms with van der Waals surface area (Å²) in [6, 6.07) is 8.38. The third kappa shape index (κ3) is 3.59. The average Bonchev–Trinajstić information content (AvgIpc) is 2.45. The zero-order chi connectivity index (χ0) is 15.7. The van der Waals surface area contributed by atoms with Crippen LogP contribution in [0.15, 0.2) is 24.3 Å². The zero-order valence-corrected chi connectivity index (χ0v) is 14.3. The van der Waals surface area contributed by atoms with Crippen molar-refractivity contribution >= 4 is 11.6 Å². The van der Waals surface area contributed by atoms with Crippen LogP contribution in [0.1, 0.15) is 45.2 Å². The number of hydrogen-bond donors (Lipinski definition) is 1. The maximum atomic E-state index is 6.18. The van der Waals surface area contributed by atoms with Gasteiger partial charge in [0, 0.05) is 29.8 Å². The molecule has 1 fully saturated rings. The molecule has 2 atom stereocenters. The van der Waals surface area contributed by atoms with Gasteiger partial charge in [-0.1, -0.05) is 23.7 Å². The summed E-state index contributed by atoms with van der Waals surface area (Å²) in [7, 11) is 2.17. The Morgan fingerprint density at radius 3 is 2.48 bits per heavy atom. The van der Waals surface area contributed by atoms with Gasteiger partial charge in [0.1, 0.15) is 0 Å². The first-order valence-electron chi connectivity index (χ1n) is 7.62. The molecule has 1 aromatic rings. The summed E-state index contributed by atoms with van der Waals surface area (Å²) in [6.45, 7) is 7.94. The molecule has 0 amide bonds. The van der Waals surface area contributed by atoms with Crippen LogP contribution in [0.3, 0.4) is 0 Å². The van der Waals surface area contributed by atoms with Gasteiger partial charge in [-0.05, 0) is 58.4 Å². The van der Waals surface area contributed by atoms with Gasteiger partial charge in [-0.2, -0.15) is 0 Å². The molecule has 0 spiro atoms. The van der Waals surface area contributed by atoms with E-state index in [4.69, 9.17) is 22.1 Å². The highest BCUT2D eigenvalue weighted by Crippen LogP contribution is 2.39. The monoisotopic (exact) mass is 310 g/mol. The molecule has 1 aliphatic heterocycles. The molecule has 0 bridgehead atoms. The van der Waals surface area contributed by atoms with Crippen LogP contribution in [-0.2, 0) is 4.74 Å². The molecular weight excluding hydrogens is 284 g/mol. The molecule has 1 heterocycles. The summed E-state index contributed by atoms with van der Waals surface area (Å²) in [5.41, 5.74) is 7.31. The van der Waals surface area contributed by atoms with Crippen molar-refractivity contribution in [1.29, 1.82) is 0 Å². The van der Waals surface area contributed by atoms with Crippen molar-refractivity contribution < 1.29 is 4.74 Å². The summed E-state index contributed by atoms with van der Waals surface area (Å²) < 4.78 is 5.87. The Hall–Kier alpha value is -0.610. The van der Waals surface area contributed by atoms with Gasteiger partial charge in [0.05, 0.1) is 5.60 Å². The third-order valence-electron chi connectivity index (χ3n) is 4.88. The molecule has 0 saturated carbocycles. The number of hydrogen-bond acceptors (Lipinski definition) is 3. The fraction of sp³-hybridized carbons (Fsp3) is 0.647. The summed E-state index contributed by atoms with van der Waals surface area (Å²) in [4.78, 5) is 2.42. The number of rotatable bonds is 4. The van der Waals surface area contributed by atoms with E-state index in [1.165, 1.54) is 5.56 Å². The van der Waals surface area contributed by atoms with Gasteiger partial charge in [-0.3, -0.25) is 4.90 Å². The number of benzene rings is 1. The van der Waals surface area contributed by atoms with Gasteiger partial charge >= 0.3 is 0 Å². The fourth-order valence-electron chi connectivity index (χ4n) is 3.44. The molecule has 1 aliphatic rings. The second-order valence-corrected chi connectivity index (χ2v) is 7.24. The van der Waals surface area contributed by atoms with Crippen LogP contribution >= 0.6 is 11.6 Å². The minimum absolute atomic E-state index is 0.0131. The van der Waals surface area contributed by atoms with Crippen LogP contribution < -0.4 is 5.73 Å². The van der Waals surface area contributed by atoms with E-state index in [1.54, 1.807) is 0 Å². The molecule has 1 saturated heterocycles. The Morgan fingerprint density at radius 1 is 1.33 bits per heavy atom. The first-order chi connectivity index (χ1) is 9.80. The Bertz CT molecular complexity index is 474. The highest BCUT2D eigenvalue weighted by molar-refractivity contribution is 6.30. The Kier molecular flexibility index (Phi) is 4.99. The fourth-order valence-corrected chi connectivity index (χ4v) is 3.57. The van der Waals surface area contributed by atoms with E-state index >= 15 is 0 Å². The zero-order valence-electron chi connectivity index (χ0n) is 13.5. The highest BCUT2D eigenvalue weighted by Gasteiger charge is 2.44. The van der Waals surface area contributed by atoms with Crippen molar-refractivity contribution in [2.24, 2.45) is 5.73 Å². The second kappa shape index (κ2) is 6.25. The quantitative estimate of drug-likeness (QED) is 0.923. The molecule has 2 N–H and O–H groups in total. The first kappa shape index (κ1) is 16.8. The lowest BCUT2D eigenvalue weighted by Gasteiger charge is -2.51. The summed E-state index contributed by atoms with van der Waals surface area (Å²) in [6.07, 6.45) is 1.92. The standard InChI is InChI=1S/C17H27ClN2O/c1-13(14-5-7-15(18)8-6-14)20(4)17(12-19)9-10-21-16(2,3)11-17/h5-8,13H,9-12,19H2,1-4H3. The Balaban J connectivity index is 2.23. The van der Waals surface area contributed by atoms with Crippen molar-refractivity contribution in [2.45, 2.75) is 50.8 Å². The lowest BCUT2D eigenvalue weighted by atomic mass is 9.79. The van der Waals surface area contributed by atoms with E-state index < -0.39 is 0 Å². The Labute approximate surface area is 133 Å². The molecule has 3 nitrogen and oxygen atoms in total. The van der Waals surface area contributed by atoms with Crippen LogP contribution in [-0.4, -0.2) is 36.2 Å². The van der Waals surface area contributed by atoms with E-state index in [2.05, 4.69) is 44.9 Å². The molecule has 0 radical (unpaired) electrons. The minimum atomic E-state index is -0.119. The van der Waals surface area contributed by atoms with Crippen molar-refractivity contribution in [3.63, 3.8) is 0 Å². The predicted octanol–water partition coefficient (Wildman–Crippen LogP) is 3.62. The number of halogens is 1. The summed E-state index contributed by atoms with van der Waals surface area (Å²) in [5.74, 6) is 0. The molecule has 1 aromatic carbocycles. The van der Waals surface area contributed by atoms with Gasteiger partial charge in [-0.15, -0.1) is 0 Å².